The topological polar surface area (TPSA) is 24.9 Å². The second-order valence-electron chi connectivity index (χ2n) is 2.61. The second-order valence-corrected chi connectivity index (χ2v) is 2.61. The van der Waals surface area contributed by atoms with Gasteiger partial charge in [-0.25, -0.2) is 0 Å². The summed E-state index contributed by atoms with van der Waals surface area (Å²) in [4.78, 5) is 4.01. The van der Waals surface area contributed by atoms with E-state index in [0.717, 1.165) is 6.54 Å². The Kier molecular flexibility index (Phi) is 3.31. The molecule has 0 saturated heterocycles. The Hall–Kier alpha value is -1.33. The van der Waals surface area contributed by atoms with E-state index in [-0.39, 0.29) is 0 Å². The fourth-order valence-electron chi connectivity index (χ4n) is 0.970. The molecule has 2 nitrogen and oxygen atoms in total. The Morgan fingerprint density at radius 3 is 3.17 bits per heavy atom. The highest BCUT2D eigenvalue weighted by Crippen LogP contribution is 2.03. The lowest BCUT2D eigenvalue weighted by molar-refractivity contribution is 0.764. The number of hydrogen-bond acceptors (Lipinski definition) is 2. The normalized spacial score (nSPS) is 9.33. The van der Waals surface area contributed by atoms with Crippen molar-refractivity contribution in [2.75, 3.05) is 6.54 Å². The molecule has 1 aromatic heterocycles. The first kappa shape index (κ1) is 8.76. The number of aryl methyl sites for hydroxylation is 1. The van der Waals surface area contributed by atoms with E-state index in [1.165, 1.54) is 11.1 Å². The monoisotopic (exact) mass is 160 g/mol. The van der Waals surface area contributed by atoms with Crippen LogP contribution in [-0.2, 0) is 6.54 Å². The van der Waals surface area contributed by atoms with Crippen molar-refractivity contribution >= 4 is 0 Å². The van der Waals surface area contributed by atoms with Crippen LogP contribution < -0.4 is 5.32 Å². The van der Waals surface area contributed by atoms with Gasteiger partial charge in [-0.05, 0) is 24.1 Å². The number of nitrogens with zero attached hydrogens (tertiary/aromatic N) is 1. The van der Waals surface area contributed by atoms with Gasteiger partial charge in [0.2, 0.25) is 0 Å². The third-order valence-electron chi connectivity index (χ3n) is 1.68. The lowest BCUT2D eigenvalue weighted by Gasteiger charge is -2.03. The van der Waals surface area contributed by atoms with Crippen molar-refractivity contribution in [2.24, 2.45) is 0 Å². The van der Waals surface area contributed by atoms with E-state index in [2.05, 4.69) is 16.2 Å². The molecule has 0 amide bonds. The zero-order valence-electron chi connectivity index (χ0n) is 7.17. The zero-order chi connectivity index (χ0) is 8.81. The maximum atomic E-state index is 5.11. The summed E-state index contributed by atoms with van der Waals surface area (Å²) in [5.74, 6) is 2.53. The van der Waals surface area contributed by atoms with Gasteiger partial charge in [0.05, 0.1) is 6.54 Å². The molecule has 0 saturated carbocycles. The first-order valence-electron chi connectivity index (χ1n) is 3.88. The van der Waals surface area contributed by atoms with Gasteiger partial charge in [0.15, 0.2) is 0 Å². The van der Waals surface area contributed by atoms with E-state index in [4.69, 9.17) is 6.42 Å². The standard InChI is InChI=1S/C10H12N2/c1-3-5-11-8-10-4-6-12-7-9(10)2/h1,4,6-7,11H,5,8H2,2H3. The van der Waals surface area contributed by atoms with Crippen LogP contribution in [-0.4, -0.2) is 11.5 Å². The Morgan fingerprint density at radius 2 is 2.50 bits per heavy atom. The quantitative estimate of drug-likeness (QED) is 0.529. The van der Waals surface area contributed by atoms with Crippen LogP contribution in [0, 0.1) is 19.3 Å². The predicted octanol–water partition coefficient (Wildman–Crippen LogP) is 1.11. The highest BCUT2D eigenvalue weighted by atomic mass is 14.8. The van der Waals surface area contributed by atoms with Crippen LogP contribution in [0.5, 0.6) is 0 Å². The number of hydrogen-bond donors (Lipinski definition) is 1. The number of aromatic nitrogens is 1. The van der Waals surface area contributed by atoms with E-state index >= 15 is 0 Å². The maximum Gasteiger partial charge on any atom is 0.0576 e. The van der Waals surface area contributed by atoms with Crippen molar-refractivity contribution in [1.29, 1.82) is 0 Å². The summed E-state index contributed by atoms with van der Waals surface area (Å²) in [5.41, 5.74) is 2.45. The molecule has 0 spiro atoms. The van der Waals surface area contributed by atoms with Gasteiger partial charge in [-0.3, -0.25) is 4.98 Å². The first-order chi connectivity index (χ1) is 5.84. The second kappa shape index (κ2) is 4.53. The average Bonchev–Trinajstić information content (AvgIpc) is 2.09. The molecule has 2 heteroatoms. The maximum absolute atomic E-state index is 5.11. The molecule has 0 fully saturated rings. The van der Waals surface area contributed by atoms with Gasteiger partial charge in [-0.1, -0.05) is 5.92 Å². The summed E-state index contributed by atoms with van der Waals surface area (Å²) >= 11 is 0. The van der Waals surface area contributed by atoms with Crippen molar-refractivity contribution in [3.63, 3.8) is 0 Å². The minimum absolute atomic E-state index is 0.613. The summed E-state index contributed by atoms with van der Waals surface area (Å²) in [6.45, 7) is 3.47. The van der Waals surface area contributed by atoms with E-state index in [1.54, 1.807) is 6.20 Å². The molecule has 0 atom stereocenters. The fraction of sp³-hybridized carbons (Fsp3) is 0.300. The lowest BCUT2D eigenvalue weighted by Crippen LogP contribution is -2.13. The Bertz CT molecular complexity index is 286. The van der Waals surface area contributed by atoms with Gasteiger partial charge in [-0.15, -0.1) is 6.42 Å². The average molecular weight is 160 g/mol. The predicted molar refractivity (Wildman–Crippen MR) is 49.5 cm³/mol. The molecule has 1 rings (SSSR count). The van der Waals surface area contributed by atoms with E-state index < -0.39 is 0 Å². The smallest absolute Gasteiger partial charge is 0.0576 e. The minimum Gasteiger partial charge on any atom is -0.302 e. The van der Waals surface area contributed by atoms with Crippen molar-refractivity contribution in [3.05, 3.63) is 29.6 Å². The van der Waals surface area contributed by atoms with E-state index in [1.807, 2.05) is 19.2 Å². The molecule has 0 aromatic carbocycles. The molecular formula is C10H12N2. The minimum atomic E-state index is 0.613. The van der Waals surface area contributed by atoms with Crippen LogP contribution in [0.15, 0.2) is 18.5 Å². The number of pyridine rings is 1. The molecule has 1 heterocycles. The van der Waals surface area contributed by atoms with Crippen LogP contribution in [0.25, 0.3) is 0 Å². The summed E-state index contributed by atoms with van der Waals surface area (Å²) in [6.07, 6.45) is 8.75. The molecule has 0 aliphatic rings. The molecule has 0 unspecified atom stereocenters. The third kappa shape index (κ3) is 2.37. The fourth-order valence-corrected chi connectivity index (χ4v) is 0.970. The largest absolute Gasteiger partial charge is 0.302 e. The number of nitrogens with one attached hydrogen (secondary N) is 1. The summed E-state index contributed by atoms with van der Waals surface area (Å²) in [5, 5.41) is 3.13. The van der Waals surface area contributed by atoms with Gasteiger partial charge in [0, 0.05) is 18.9 Å². The highest BCUT2D eigenvalue weighted by molar-refractivity contribution is 5.21. The molecule has 12 heavy (non-hydrogen) atoms. The molecule has 0 aliphatic heterocycles. The van der Waals surface area contributed by atoms with Crippen LogP contribution in [0.1, 0.15) is 11.1 Å². The van der Waals surface area contributed by atoms with Crippen molar-refractivity contribution in [3.8, 4) is 12.3 Å². The summed E-state index contributed by atoms with van der Waals surface area (Å²) in [6, 6.07) is 2.00. The van der Waals surface area contributed by atoms with Crippen LogP contribution in [0.3, 0.4) is 0 Å². The molecule has 0 bridgehead atoms. The Balaban J connectivity index is 2.53. The summed E-state index contributed by atoms with van der Waals surface area (Å²) < 4.78 is 0. The zero-order valence-corrected chi connectivity index (χ0v) is 7.17. The van der Waals surface area contributed by atoms with Crippen LogP contribution in [0.2, 0.25) is 0 Å². The van der Waals surface area contributed by atoms with Crippen molar-refractivity contribution in [2.45, 2.75) is 13.5 Å². The van der Waals surface area contributed by atoms with Gasteiger partial charge in [0.1, 0.15) is 0 Å². The molecule has 62 valence electrons. The van der Waals surface area contributed by atoms with Crippen molar-refractivity contribution < 1.29 is 0 Å². The van der Waals surface area contributed by atoms with Crippen LogP contribution in [0.4, 0.5) is 0 Å². The van der Waals surface area contributed by atoms with E-state index in [9.17, 15) is 0 Å². The summed E-state index contributed by atoms with van der Waals surface area (Å²) in [7, 11) is 0. The van der Waals surface area contributed by atoms with Crippen LogP contribution >= 0.6 is 0 Å². The molecular weight excluding hydrogens is 148 g/mol. The number of terminal acetylenes is 1. The third-order valence-corrected chi connectivity index (χ3v) is 1.68. The Labute approximate surface area is 73.0 Å². The van der Waals surface area contributed by atoms with Gasteiger partial charge in [-0.2, -0.15) is 0 Å². The Morgan fingerprint density at radius 1 is 1.67 bits per heavy atom. The first-order valence-corrected chi connectivity index (χ1v) is 3.88. The molecule has 0 radical (unpaired) electrons. The molecule has 0 aliphatic carbocycles. The van der Waals surface area contributed by atoms with E-state index in [0.29, 0.717) is 6.54 Å². The van der Waals surface area contributed by atoms with Gasteiger partial charge in [0.25, 0.3) is 0 Å². The lowest BCUT2D eigenvalue weighted by atomic mass is 10.1. The highest BCUT2D eigenvalue weighted by Gasteiger charge is 1.94. The molecule has 1 aromatic rings. The SMILES string of the molecule is C#CCNCc1ccncc1C. The van der Waals surface area contributed by atoms with Gasteiger partial charge >= 0.3 is 0 Å². The number of rotatable bonds is 3. The van der Waals surface area contributed by atoms with Gasteiger partial charge < -0.3 is 5.32 Å². The molecule has 1 N–H and O–H groups in total. The van der Waals surface area contributed by atoms with Crippen molar-refractivity contribution in [1.82, 2.24) is 10.3 Å².